The van der Waals surface area contributed by atoms with Gasteiger partial charge in [0.25, 0.3) is 0 Å². The quantitative estimate of drug-likeness (QED) is 0.927. The molecule has 1 heterocycles. The van der Waals surface area contributed by atoms with Crippen LogP contribution in [-0.4, -0.2) is 9.55 Å². The van der Waals surface area contributed by atoms with E-state index in [1.54, 1.807) is 6.20 Å². The highest BCUT2D eigenvalue weighted by Crippen LogP contribution is 2.18. The van der Waals surface area contributed by atoms with Gasteiger partial charge < -0.3 is 9.88 Å². The van der Waals surface area contributed by atoms with E-state index in [0.717, 1.165) is 10.3 Å². The number of benzene rings is 1. The van der Waals surface area contributed by atoms with Crippen molar-refractivity contribution in [2.75, 3.05) is 0 Å². The number of nitrogens with one attached hydrogen (secondary N) is 1. The van der Waals surface area contributed by atoms with Gasteiger partial charge in [0.1, 0.15) is 11.0 Å². The molecule has 0 aliphatic rings. The summed E-state index contributed by atoms with van der Waals surface area (Å²) in [6.45, 7) is 2.82. The fraction of sp³-hybridized carbons (Fsp3) is 0.308. The molecule has 18 heavy (non-hydrogen) atoms. The van der Waals surface area contributed by atoms with E-state index >= 15 is 0 Å². The van der Waals surface area contributed by atoms with Gasteiger partial charge in [-0.25, -0.2) is 4.98 Å². The van der Waals surface area contributed by atoms with E-state index in [9.17, 15) is 0 Å². The van der Waals surface area contributed by atoms with Crippen LogP contribution in [0, 0.1) is 0 Å². The standard InChI is InChI=1S/C13H15BrClN3/c1-9(10-4-3-5-11(14)6-10)16-8-13-17-7-12(15)18(13)2/h3-7,9,16H,8H2,1-2H3/t9-/m0/s1. The smallest absolute Gasteiger partial charge is 0.128 e. The van der Waals surface area contributed by atoms with Gasteiger partial charge in [0.2, 0.25) is 0 Å². The average molecular weight is 329 g/mol. The summed E-state index contributed by atoms with van der Waals surface area (Å²) in [5.41, 5.74) is 1.24. The summed E-state index contributed by atoms with van der Waals surface area (Å²) in [7, 11) is 1.91. The van der Waals surface area contributed by atoms with Crippen LogP contribution in [-0.2, 0) is 13.6 Å². The second-order valence-corrected chi connectivity index (χ2v) is 5.52. The van der Waals surface area contributed by atoms with Crippen molar-refractivity contribution in [2.45, 2.75) is 19.5 Å². The second-order valence-electron chi connectivity index (χ2n) is 4.21. The molecule has 2 aromatic rings. The molecular formula is C13H15BrClN3. The third-order valence-electron chi connectivity index (χ3n) is 2.94. The fourth-order valence-electron chi connectivity index (χ4n) is 1.73. The third-order valence-corrected chi connectivity index (χ3v) is 3.79. The maximum atomic E-state index is 5.95. The Labute approximate surface area is 120 Å². The molecule has 0 bridgehead atoms. The zero-order chi connectivity index (χ0) is 13.1. The Morgan fingerprint density at radius 1 is 1.50 bits per heavy atom. The minimum atomic E-state index is 0.262. The van der Waals surface area contributed by atoms with Gasteiger partial charge in [0.05, 0.1) is 12.7 Å². The lowest BCUT2D eigenvalue weighted by Crippen LogP contribution is -2.20. The molecular weight excluding hydrogens is 314 g/mol. The number of hydrogen-bond acceptors (Lipinski definition) is 2. The van der Waals surface area contributed by atoms with E-state index in [1.807, 2.05) is 23.7 Å². The van der Waals surface area contributed by atoms with Gasteiger partial charge in [-0.2, -0.15) is 0 Å². The van der Waals surface area contributed by atoms with Gasteiger partial charge in [-0.05, 0) is 24.6 Å². The van der Waals surface area contributed by atoms with E-state index in [1.165, 1.54) is 5.56 Å². The molecule has 0 radical (unpaired) electrons. The van der Waals surface area contributed by atoms with Gasteiger partial charge in [0.15, 0.2) is 0 Å². The molecule has 0 aliphatic heterocycles. The zero-order valence-corrected chi connectivity index (χ0v) is 12.7. The summed E-state index contributed by atoms with van der Waals surface area (Å²) in [4.78, 5) is 4.26. The molecule has 0 saturated carbocycles. The van der Waals surface area contributed by atoms with Crippen molar-refractivity contribution in [3.05, 3.63) is 51.5 Å². The van der Waals surface area contributed by atoms with Crippen LogP contribution in [0.4, 0.5) is 0 Å². The van der Waals surface area contributed by atoms with E-state index in [2.05, 4.69) is 45.3 Å². The Morgan fingerprint density at radius 2 is 2.28 bits per heavy atom. The van der Waals surface area contributed by atoms with Crippen molar-refractivity contribution in [3.63, 3.8) is 0 Å². The topological polar surface area (TPSA) is 29.9 Å². The molecule has 5 heteroatoms. The molecule has 0 saturated heterocycles. The van der Waals surface area contributed by atoms with E-state index < -0.39 is 0 Å². The number of rotatable bonds is 4. The predicted molar refractivity (Wildman–Crippen MR) is 77.6 cm³/mol. The normalized spacial score (nSPS) is 12.7. The first-order valence-electron chi connectivity index (χ1n) is 5.73. The first-order chi connectivity index (χ1) is 8.58. The number of aromatic nitrogens is 2. The van der Waals surface area contributed by atoms with E-state index in [4.69, 9.17) is 11.6 Å². The summed E-state index contributed by atoms with van der Waals surface area (Å²) >= 11 is 9.43. The number of imidazole rings is 1. The van der Waals surface area contributed by atoms with Gasteiger partial charge in [-0.3, -0.25) is 0 Å². The molecule has 0 aliphatic carbocycles. The second kappa shape index (κ2) is 5.87. The Morgan fingerprint density at radius 3 is 2.89 bits per heavy atom. The molecule has 96 valence electrons. The SMILES string of the molecule is C[C@H](NCc1ncc(Cl)n1C)c1cccc(Br)c1. The van der Waals surface area contributed by atoms with Crippen molar-refractivity contribution in [3.8, 4) is 0 Å². The zero-order valence-electron chi connectivity index (χ0n) is 10.3. The first-order valence-corrected chi connectivity index (χ1v) is 6.90. The summed E-state index contributed by atoms with van der Waals surface area (Å²) in [6.07, 6.45) is 1.67. The molecule has 3 nitrogen and oxygen atoms in total. The van der Waals surface area contributed by atoms with Crippen LogP contribution in [0.15, 0.2) is 34.9 Å². The number of halogens is 2. The van der Waals surface area contributed by atoms with Crippen LogP contribution >= 0.6 is 27.5 Å². The summed E-state index contributed by atoms with van der Waals surface area (Å²) in [6, 6.07) is 8.54. The minimum Gasteiger partial charge on any atom is -0.321 e. The summed E-state index contributed by atoms with van der Waals surface area (Å²) in [5.74, 6) is 0.932. The molecule has 0 unspecified atom stereocenters. The highest BCUT2D eigenvalue weighted by molar-refractivity contribution is 9.10. The minimum absolute atomic E-state index is 0.262. The van der Waals surface area contributed by atoms with E-state index in [0.29, 0.717) is 11.7 Å². The molecule has 0 amide bonds. The molecule has 1 aromatic heterocycles. The Bertz CT molecular complexity index is 539. The fourth-order valence-corrected chi connectivity index (χ4v) is 2.29. The largest absolute Gasteiger partial charge is 0.321 e. The van der Waals surface area contributed by atoms with Gasteiger partial charge in [-0.15, -0.1) is 0 Å². The van der Waals surface area contributed by atoms with Crippen molar-refractivity contribution in [1.82, 2.24) is 14.9 Å². The molecule has 0 spiro atoms. The van der Waals surface area contributed by atoms with Gasteiger partial charge in [-0.1, -0.05) is 39.7 Å². The summed E-state index contributed by atoms with van der Waals surface area (Å²) < 4.78 is 2.97. The van der Waals surface area contributed by atoms with Crippen LogP contribution < -0.4 is 5.32 Å². The predicted octanol–water partition coefficient (Wildman–Crippen LogP) is 3.69. The van der Waals surface area contributed by atoms with Crippen LogP contribution in [0.25, 0.3) is 0 Å². The lowest BCUT2D eigenvalue weighted by atomic mass is 10.1. The van der Waals surface area contributed by atoms with Crippen LogP contribution in [0.5, 0.6) is 0 Å². The lowest BCUT2D eigenvalue weighted by Gasteiger charge is -2.14. The maximum absolute atomic E-state index is 5.95. The van der Waals surface area contributed by atoms with Crippen molar-refractivity contribution in [1.29, 1.82) is 0 Å². The van der Waals surface area contributed by atoms with Crippen LogP contribution in [0.2, 0.25) is 5.15 Å². The average Bonchev–Trinajstić information content (AvgIpc) is 2.67. The maximum Gasteiger partial charge on any atom is 0.128 e. The highest BCUT2D eigenvalue weighted by atomic mass is 79.9. The monoisotopic (exact) mass is 327 g/mol. The Balaban J connectivity index is 2.00. The van der Waals surface area contributed by atoms with Gasteiger partial charge in [0, 0.05) is 17.6 Å². The molecule has 1 aromatic carbocycles. The molecule has 0 fully saturated rings. The van der Waals surface area contributed by atoms with E-state index in [-0.39, 0.29) is 6.04 Å². The summed E-state index contributed by atoms with van der Waals surface area (Å²) in [5, 5.41) is 4.09. The first kappa shape index (κ1) is 13.6. The van der Waals surface area contributed by atoms with Crippen LogP contribution in [0.3, 0.4) is 0 Å². The van der Waals surface area contributed by atoms with Crippen molar-refractivity contribution in [2.24, 2.45) is 7.05 Å². The number of nitrogens with zero attached hydrogens (tertiary/aromatic N) is 2. The van der Waals surface area contributed by atoms with Crippen molar-refractivity contribution >= 4 is 27.5 Å². The molecule has 1 N–H and O–H groups in total. The van der Waals surface area contributed by atoms with Crippen molar-refractivity contribution < 1.29 is 0 Å². The Hall–Kier alpha value is -0.840. The lowest BCUT2D eigenvalue weighted by molar-refractivity contribution is 0.549. The van der Waals surface area contributed by atoms with Crippen LogP contribution in [0.1, 0.15) is 24.4 Å². The number of hydrogen-bond donors (Lipinski definition) is 1. The van der Waals surface area contributed by atoms with Gasteiger partial charge >= 0.3 is 0 Å². The Kier molecular flexibility index (Phi) is 4.43. The molecule has 2 rings (SSSR count). The third kappa shape index (κ3) is 3.13. The highest BCUT2D eigenvalue weighted by Gasteiger charge is 2.08. The molecule has 1 atom stereocenters.